The highest BCUT2D eigenvalue weighted by Gasteiger charge is 2.24. The molecule has 0 fully saturated rings. The molecule has 2 unspecified atom stereocenters. The Morgan fingerprint density at radius 3 is 2.05 bits per heavy atom. The molecule has 1 aromatic carbocycles. The molecule has 0 saturated carbocycles. The van der Waals surface area contributed by atoms with Crippen LogP contribution in [0, 0.1) is 11.8 Å². The average Bonchev–Trinajstić information content (AvgIpc) is 2.46. The van der Waals surface area contributed by atoms with Gasteiger partial charge in [-0.05, 0) is 6.42 Å². The van der Waals surface area contributed by atoms with Crippen molar-refractivity contribution in [3.63, 3.8) is 0 Å². The summed E-state index contributed by atoms with van der Waals surface area (Å²) in [7, 11) is 0. The van der Waals surface area contributed by atoms with Gasteiger partial charge in [0.25, 0.3) is 6.29 Å². The van der Waals surface area contributed by atoms with E-state index in [1.54, 1.807) is 32.9 Å². The first-order valence-corrected chi connectivity index (χ1v) is 6.91. The average molecular weight is 278 g/mol. The van der Waals surface area contributed by atoms with Crippen molar-refractivity contribution in [3.05, 3.63) is 35.9 Å². The number of esters is 2. The molecule has 1 aromatic rings. The first-order valence-electron chi connectivity index (χ1n) is 6.91. The normalized spacial score (nSPS) is 13.7. The summed E-state index contributed by atoms with van der Waals surface area (Å²) < 4.78 is 10.6. The molecule has 4 nitrogen and oxygen atoms in total. The van der Waals surface area contributed by atoms with Crippen molar-refractivity contribution in [2.45, 2.75) is 40.4 Å². The predicted octanol–water partition coefficient (Wildman–Crippen LogP) is 3.47. The molecule has 110 valence electrons. The van der Waals surface area contributed by atoms with Gasteiger partial charge >= 0.3 is 11.9 Å². The van der Waals surface area contributed by atoms with Crippen molar-refractivity contribution < 1.29 is 19.1 Å². The van der Waals surface area contributed by atoms with E-state index < -0.39 is 12.3 Å². The number of carbonyl (C=O) groups is 2. The number of hydrogen-bond donors (Lipinski definition) is 0. The summed E-state index contributed by atoms with van der Waals surface area (Å²) in [6.07, 6.45) is -0.300. The van der Waals surface area contributed by atoms with E-state index in [4.69, 9.17) is 9.47 Å². The zero-order valence-corrected chi connectivity index (χ0v) is 12.5. The van der Waals surface area contributed by atoms with Gasteiger partial charge in [-0.2, -0.15) is 0 Å². The fourth-order valence-electron chi connectivity index (χ4n) is 1.40. The molecule has 20 heavy (non-hydrogen) atoms. The Kier molecular flexibility index (Phi) is 6.22. The Morgan fingerprint density at radius 2 is 1.55 bits per heavy atom. The molecule has 0 aromatic heterocycles. The van der Waals surface area contributed by atoms with E-state index in [0.717, 1.165) is 0 Å². The third-order valence-electron chi connectivity index (χ3n) is 3.00. The van der Waals surface area contributed by atoms with Gasteiger partial charge < -0.3 is 9.47 Å². The van der Waals surface area contributed by atoms with Crippen LogP contribution in [-0.2, 0) is 19.1 Å². The highest BCUT2D eigenvalue weighted by Crippen LogP contribution is 2.22. The summed E-state index contributed by atoms with van der Waals surface area (Å²) in [4.78, 5) is 23.6. The lowest BCUT2D eigenvalue weighted by Crippen LogP contribution is -2.23. The summed E-state index contributed by atoms with van der Waals surface area (Å²) in [6.45, 7) is 7.17. The second-order valence-corrected chi connectivity index (χ2v) is 5.08. The minimum atomic E-state index is -0.979. The number of benzene rings is 1. The molecule has 1 rings (SSSR count). The summed E-state index contributed by atoms with van der Waals surface area (Å²) in [5, 5.41) is 0. The molecule has 0 saturated heterocycles. The molecule has 0 N–H and O–H groups in total. The van der Waals surface area contributed by atoms with Crippen LogP contribution in [0.5, 0.6) is 0 Å². The van der Waals surface area contributed by atoms with Crippen molar-refractivity contribution in [2.24, 2.45) is 11.8 Å². The molecular formula is C16H22O4. The number of rotatable bonds is 6. The van der Waals surface area contributed by atoms with Crippen LogP contribution < -0.4 is 0 Å². The van der Waals surface area contributed by atoms with Crippen LogP contribution in [0.4, 0.5) is 0 Å². The van der Waals surface area contributed by atoms with Gasteiger partial charge in [0.1, 0.15) is 0 Å². The molecule has 4 heteroatoms. The maximum atomic E-state index is 11.9. The fraction of sp³-hybridized carbons (Fsp3) is 0.500. The van der Waals surface area contributed by atoms with Crippen molar-refractivity contribution in [1.29, 1.82) is 0 Å². The molecule has 0 heterocycles. The van der Waals surface area contributed by atoms with Crippen molar-refractivity contribution in [1.82, 2.24) is 0 Å². The van der Waals surface area contributed by atoms with Crippen LogP contribution in [0.1, 0.15) is 46.0 Å². The zero-order valence-electron chi connectivity index (χ0n) is 12.5. The van der Waals surface area contributed by atoms with Gasteiger partial charge in [0.2, 0.25) is 0 Å². The predicted molar refractivity (Wildman–Crippen MR) is 75.7 cm³/mol. The van der Waals surface area contributed by atoms with E-state index in [-0.39, 0.29) is 17.8 Å². The van der Waals surface area contributed by atoms with Gasteiger partial charge in [0.05, 0.1) is 11.8 Å². The molecule has 0 aliphatic carbocycles. The van der Waals surface area contributed by atoms with Crippen LogP contribution >= 0.6 is 0 Å². The van der Waals surface area contributed by atoms with Crippen LogP contribution in [0.25, 0.3) is 0 Å². The molecule has 0 amide bonds. The van der Waals surface area contributed by atoms with E-state index in [1.165, 1.54) is 0 Å². The number of ether oxygens (including phenoxy) is 2. The Balaban J connectivity index is 2.85. The Labute approximate surface area is 120 Å². The van der Waals surface area contributed by atoms with E-state index in [1.807, 2.05) is 25.1 Å². The van der Waals surface area contributed by atoms with Crippen molar-refractivity contribution in [2.75, 3.05) is 0 Å². The maximum Gasteiger partial charge on any atom is 0.311 e. The van der Waals surface area contributed by atoms with Gasteiger partial charge in [0.15, 0.2) is 0 Å². The Morgan fingerprint density at radius 1 is 1.00 bits per heavy atom. The van der Waals surface area contributed by atoms with Gasteiger partial charge in [-0.3, -0.25) is 9.59 Å². The first kappa shape index (κ1) is 16.2. The lowest BCUT2D eigenvalue weighted by atomic mass is 10.1. The van der Waals surface area contributed by atoms with E-state index >= 15 is 0 Å². The summed E-state index contributed by atoms with van der Waals surface area (Å²) in [5.74, 6) is -1.25. The van der Waals surface area contributed by atoms with Crippen LogP contribution in [0.3, 0.4) is 0 Å². The van der Waals surface area contributed by atoms with Gasteiger partial charge in [-0.25, -0.2) is 0 Å². The second-order valence-electron chi connectivity index (χ2n) is 5.08. The molecule has 0 spiro atoms. The lowest BCUT2D eigenvalue weighted by Gasteiger charge is -2.21. The molecule has 0 aliphatic heterocycles. The van der Waals surface area contributed by atoms with Crippen molar-refractivity contribution >= 4 is 11.9 Å². The van der Waals surface area contributed by atoms with Gasteiger partial charge in [-0.15, -0.1) is 0 Å². The monoisotopic (exact) mass is 278 g/mol. The number of carbonyl (C=O) groups excluding carboxylic acids is 2. The summed E-state index contributed by atoms with van der Waals surface area (Å²) in [5.41, 5.74) is 0.651. The van der Waals surface area contributed by atoms with Crippen LogP contribution in [-0.4, -0.2) is 11.9 Å². The second kappa shape index (κ2) is 7.68. The fourth-order valence-corrected chi connectivity index (χ4v) is 1.40. The van der Waals surface area contributed by atoms with E-state index in [2.05, 4.69) is 0 Å². The highest BCUT2D eigenvalue weighted by molar-refractivity contribution is 5.74. The smallest absolute Gasteiger partial charge is 0.311 e. The quantitative estimate of drug-likeness (QED) is 0.590. The van der Waals surface area contributed by atoms with Crippen LogP contribution in [0.2, 0.25) is 0 Å². The standard InChI is InChI=1S/C16H22O4/c1-5-12(4)15(18)20-16(19-14(17)11(2)3)13-9-7-6-8-10-13/h6-12,16H,5H2,1-4H3. The lowest BCUT2D eigenvalue weighted by molar-refractivity contribution is -0.194. The van der Waals surface area contributed by atoms with E-state index in [0.29, 0.717) is 12.0 Å². The third kappa shape index (κ3) is 4.68. The Hall–Kier alpha value is -1.84. The maximum absolute atomic E-state index is 11.9. The third-order valence-corrected chi connectivity index (χ3v) is 3.00. The molecule has 0 aliphatic rings. The van der Waals surface area contributed by atoms with Gasteiger partial charge in [0, 0.05) is 5.56 Å². The molecule has 0 bridgehead atoms. The number of hydrogen-bond acceptors (Lipinski definition) is 4. The molecular weight excluding hydrogens is 256 g/mol. The Bertz CT molecular complexity index is 439. The largest absolute Gasteiger partial charge is 0.420 e. The highest BCUT2D eigenvalue weighted by atomic mass is 16.7. The zero-order chi connectivity index (χ0) is 15.1. The summed E-state index contributed by atoms with van der Waals surface area (Å²) >= 11 is 0. The van der Waals surface area contributed by atoms with Gasteiger partial charge in [-0.1, -0.05) is 58.0 Å². The summed E-state index contributed by atoms with van der Waals surface area (Å²) in [6, 6.07) is 9.00. The van der Waals surface area contributed by atoms with E-state index in [9.17, 15) is 9.59 Å². The topological polar surface area (TPSA) is 52.6 Å². The minimum Gasteiger partial charge on any atom is -0.420 e. The molecule has 2 atom stereocenters. The SMILES string of the molecule is CCC(C)C(=O)OC(OC(=O)C(C)C)c1ccccc1. The molecule has 0 radical (unpaired) electrons. The van der Waals surface area contributed by atoms with Crippen molar-refractivity contribution in [3.8, 4) is 0 Å². The first-order chi connectivity index (χ1) is 9.45. The van der Waals surface area contributed by atoms with Crippen LogP contribution in [0.15, 0.2) is 30.3 Å². The minimum absolute atomic E-state index is 0.223.